The number of nitrogens with one attached hydrogen (secondary N) is 1. The molecule has 0 saturated heterocycles. The molecule has 0 heterocycles. The first kappa shape index (κ1) is 9.65. The van der Waals surface area contributed by atoms with Gasteiger partial charge in [0, 0.05) is 6.92 Å². The zero-order chi connectivity index (χ0) is 8.53. The average Bonchev–Trinajstić information content (AvgIpc) is 2.09. The van der Waals surface area contributed by atoms with E-state index in [1.807, 2.05) is 41.8 Å². The number of carbonyl (C=O) groups excluding carboxylic acids is 1. The van der Waals surface area contributed by atoms with Crippen LogP contribution in [0.5, 0.6) is 0 Å². The molecule has 0 fully saturated rings. The molecule has 3 heteroatoms. The number of nitrogens with two attached hydrogens (primary N) is 1. The van der Waals surface area contributed by atoms with Crippen molar-refractivity contribution in [2.24, 2.45) is 5.84 Å². The van der Waals surface area contributed by atoms with Gasteiger partial charge in [0.2, 0.25) is 5.91 Å². The standard InChI is InChI=1S/C6H6.C2H6N2O/c1-2-4-6-5-3-1;1-2(5)4-3/h1-6H;3H2,1H3,(H,4,5). The van der Waals surface area contributed by atoms with Crippen LogP contribution in [-0.4, -0.2) is 5.91 Å². The SMILES string of the molecule is CC(=O)NN.c1ccccc1. The molecule has 0 spiro atoms. The first-order valence-corrected chi connectivity index (χ1v) is 3.24. The van der Waals surface area contributed by atoms with Crippen LogP contribution in [0.1, 0.15) is 6.92 Å². The third-order valence-electron chi connectivity index (χ3n) is 0.870. The summed E-state index contributed by atoms with van der Waals surface area (Å²) in [5.74, 6) is 4.35. The van der Waals surface area contributed by atoms with Crippen molar-refractivity contribution in [3.63, 3.8) is 0 Å². The summed E-state index contributed by atoms with van der Waals surface area (Å²) in [6.45, 7) is 1.35. The Balaban J connectivity index is 0.000000187. The molecule has 3 N–H and O–H groups in total. The Kier molecular flexibility index (Phi) is 5.94. The molecule has 0 aromatic heterocycles. The van der Waals surface area contributed by atoms with Crippen LogP contribution in [0.25, 0.3) is 0 Å². The number of benzene rings is 1. The lowest BCUT2D eigenvalue weighted by Gasteiger charge is -1.80. The van der Waals surface area contributed by atoms with Gasteiger partial charge < -0.3 is 0 Å². The highest BCUT2D eigenvalue weighted by atomic mass is 16.2. The molecule has 3 nitrogen and oxygen atoms in total. The highest BCUT2D eigenvalue weighted by Crippen LogP contribution is 1.79. The molecule has 0 aliphatic carbocycles. The molecular weight excluding hydrogens is 140 g/mol. The van der Waals surface area contributed by atoms with Crippen LogP contribution < -0.4 is 11.3 Å². The van der Waals surface area contributed by atoms with Crippen LogP contribution >= 0.6 is 0 Å². The highest BCUT2D eigenvalue weighted by Gasteiger charge is 1.73. The van der Waals surface area contributed by atoms with E-state index in [-0.39, 0.29) is 5.91 Å². The minimum absolute atomic E-state index is 0.218. The molecule has 0 saturated carbocycles. The lowest BCUT2D eigenvalue weighted by Crippen LogP contribution is -2.26. The fraction of sp³-hybridized carbons (Fsp3) is 0.125. The molecular formula is C8H12N2O. The maximum Gasteiger partial charge on any atom is 0.230 e. The summed E-state index contributed by atoms with van der Waals surface area (Å²) in [6, 6.07) is 12.0. The average molecular weight is 152 g/mol. The molecule has 60 valence electrons. The number of rotatable bonds is 0. The van der Waals surface area contributed by atoms with Gasteiger partial charge >= 0.3 is 0 Å². The van der Waals surface area contributed by atoms with Gasteiger partial charge in [0.25, 0.3) is 0 Å². The summed E-state index contributed by atoms with van der Waals surface area (Å²) in [4.78, 5) is 9.58. The van der Waals surface area contributed by atoms with Gasteiger partial charge in [-0.05, 0) is 0 Å². The summed E-state index contributed by atoms with van der Waals surface area (Å²) < 4.78 is 0. The summed E-state index contributed by atoms with van der Waals surface area (Å²) in [6.07, 6.45) is 0. The predicted molar refractivity (Wildman–Crippen MR) is 44.4 cm³/mol. The summed E-state index contributed by atoms with van der Waals surface area (Å²) >= 11 is 0. The second-order valence-corrected chi connectivity index (χ2v) is 1.86. The van der Waals surface area contributed by atoms with Gasteiger partial charge in [0.15, 0.2) is 0 Å². The zero-order valence-corrected chi connectivity index (χ0v) is 6.45. The highest BCUT2D eigenvalue weighted by molar-refractivity contribution is 5.71. The van der Waals surface area contributed by atoms with Crippen molar-refractivity contribution in [2.45, 2.75) is 6.92 Å². The molecule has 1 aromatic carbocycles. The zero-order valence-electron chi connectivity index (χ0n) is 6.45. The van der Waals surface area contributed by atoms with Gasteiger partial charge in [-0.15, -0.1) is 0 Å². The Morgan fingerprint density at radius 2 is 1.27 bits per heavy atom. The van der Waals surface area contributed by atoms with Gasteiger partial charge in [0.1, 0.15) is 0 Å². The molecule has 0 aliphatic heterocycles. The number of amides is 1. The summed E-state index contributed by atoms with van der Waals surface area (Å²) in [7, 11) is 0. The quantitative estimate of drug-likeness (QED) is 0.326. The van der Waals surface area contributed by atoms with E-state index < -0.39 is 0 Å². The van der Waals surface area contributed by atoms with Crippen LogP contribution in [0.15, 0.2) is 36.4 Å². The monoisotopic (exact) mass is 152 g/mol. The lowest BCUT2D eigenvalue weighted by molar-refractivity contribution is -0.119. The van der Waals surface area contributed by atoms with Crippen LogP contribution in [0.3, 0.4) is 0 Å². The van der Waals surface area contributed by atoms with Crippen LogP contribution in [-0.2, 0) is 4.79 Å². The first-order chi connectivity index (χ1) is 5.27. The molecule has 1 amide bonds. The van der Waals surface area contributed by atoms with Crippen molar-refractivity contribution < 1.29 is 4.79 Å². The maximum atomic E-state index is 9.58. The van der Waals surface area contributed by atoms with Crippen LogP contribution in [0, 0.1) is 0 Å². The van der Waals surface area contributed by atoms with Gasteiger partial charge in [-0.25, -0.2) is 5.84 Å². The van der Waals surface area contributed by atoms with Crippen molar-refractivity contribution in [2.75, 3.05) is 0 Å². The normalized spacial score (nSPS) is 7.45. The van der Waals surface area contributed by atoms with E-state index in [1.54, 1.807) is 0 Å². The number of hydrazine groups is 1. The van der Waals surface area contributed by atoms with Crippen LogP contribution in [0.2, 0.25) is 0 Å². The maximum absolute atomic E-state index is 9.58. The van der Waals surface area contributed by atoms with Crippen molar-refractivity contribution in [3.8, 4) is 0 Å². The van der Waals surface area contributed by atoms with E-state index >= 15 is 0 Å². The molecule has 0 aliphatic rings. The Bertz CT molecular complexity index is 160. The first-order valence-electron chi connectivity index (χ1n) is 3.24. The minimum Gasteiger partial charge on any atom is -0.295 e. The van der Waals surface area contributed by atoms with E-state index in [4.69, 9.17) is 0 Å². The van der Waals surface area contributed by atoms with Crippen molar-refractivity contribution in [1.82, 2.24) is 5.43 Å². The Labute approximate surface area is 66.2 Å². The Hall–Kier alpha value is -1.35. The lowest BCUT2D eigenvalue weighted by atomic mass is 10.4. The molecule has 1 rings (SSSR count). The second-order valence-electron chi connectivity index (χ2n) is 1.86. The van der Waals surface area contributed by atoms with Crippen molar-refractivity contribution in [1.29, 1.82) is 0 Å². The molecule has 11 heavy (non-hydrogen) atoms. The molecule has 0 unspecified atom stereocenters. The van der Waals surface area contributed by atoms with Crippen molar-refractivity contribution in [3.05, 3.63) is 36.4 Å². The van der Waals surface area contributed by atoms with Gasteiger partial charge in [-0.2, -0.15) is 0 Å². The van der Waals surface area contributed by atoms with Gasteiger partial charge in [-0.3, -0.25) is 10.2 Å². The summed E-state index contributed by atoms with van der Waals surface area (Å²) in [5.41, 5.74) is 1.89. The number of hydrogen-bond donors (Lipinski definition) is 2. The Morgan fingerprint density at radius 1 is 1.09 bits per heavy atom. The Morgan fingerprint density at radius 3 is 1.36 bits per heavy atom. The third kappa shape index (κ3) is 8.65. The van der Waals surface area contributed by atoms with E-state index in [2.05, 4.69) is 5.84 Å². The van der Waals surface area contributed by atoms with E-state index in [0.717, 1.165) is 0 Å². The smallest absolute Gasteiger partial charge is 0.230 e. The predicted octanol–water partition coefficient (Wildman–Crippen LogP) is 0.683. The topological polar surface area (TPSA) is 55.1 Å². The number of carbonyl (C=O) groups is 1. The summed E-state index contributed by atoms with van der Waals surface area (Å²) in [5, 5.41) is 0. The third-order valence-corrected chi connectivity index (χ3v) is 0.870. The molecule has 0 atom stereocenters. The van der Waals surface area contributed by atoms with E-state index in [0.29, 0.717) is 0 Å². The van der Waals surface area contributed by atoms with Gasteiger partial charge in [-0.1, -0.05) is 36.4 Å². The molecule has 1 aromatic rings. The molecule has 0 radical (unpaired) electrons. The fourth-order valence-electron chi connectivity index (χ4n) is 0.385. The van der Waals surface area contributed by atoms with Crippen molar-refractivity contribution >= 4 is 5.91 Å². The minimum atomic E-state index is -0.218. The van der Waals surface area contributed by atoms with E-state index in [1.165, 1.54) is 6.92 Å². The fourth-order valence-corrected chi connectivity index (χ4v) is 0.385. The number of hydrogen-bond acceptors (Lipinski definition) is 2. The van der Waals surface area contributed by atoms with Gasteiger partial charge in [0.05, 0.1) is 0 Å². The molecule has 0 bridgehead atoms. The van der Waals surface area contributed by atoms with E-state index in [9.17, 15) is 4.79 Å². The largest absolute Gasteiger partial charge is 0.295 e. The van der Waals surface area contributed by atoms with Crippen LogP contribution in [0.4, 0.5) is 0 Å². The second kappa shape index (κ2) is 6.77.